The van der Waals surface area contributed by atoms with Crippen LogP contribution in [0.5, 0.6) is 0 Å². The zero-order valence-electron chi connectivity index (χ0n) is 14.8. The van der Waals surface area contributed by atoms with Gasteiger partial charge < -0.3 is 4.90 Å². The molecular formula is C19H19Cl2N5S. The van der Waals surface area contributed by atoms with E-state index in [4.69, 9.17) is 23.2 Å². The third-order valence-corrected chi connectivity index (χ3v) is 7.59. The monoisotopic (exact) mass is 419 g/mol. The minimum Gasteiger partial charge on any atom is -0.355 e. The van der Waals surface area contributed by atoms with Gasteiger partial charge in [-0.05, 0) is 37.2 Å². The predicted octanol–water partition coefficient (Wildman–Crippen LogP) is 5.36. The van der Waals surface area contributed by atoms with Crippen LogP contribution in [0.2, 0.25) is 10.2 Å². The number of halogens is 2. The minimum absolute atomic E-state index is 0.235. The molecule has 1 saturated carbocycles. The van der Waals surface area contributed by atoms with Crippen molar-refractivity contribution >= 4 is 40.8 Å². The second-order valence-electron chi connectivity index (χ2n) is 7.20. The molecule has 5 nitrogen and oxygen atoms in total. The molecule has 1 saturated heterocycles. The summed E-state index contributed by atoms with van der Waals surface area (Å²) in [4.78, 5) is 16.0. The first-order valence-electron chi connectivity index (χ1n) is 9.10. The normalized spacial score (nSPS) is 18.6. The van der Waals surface area contributed by atoms with Crippen molar-refractivity contribution < 1.29 is 0 Å². The Hall–Kier alpha value is -1.55. The van der Waals surface area contributed by atoms with Gasteiger partial charge in [0.2, 0.25) is 0 Å². The van der Waals surface area contributed by atoms with Gasteiger partial charge in [-0.3, -0.25) is 0 Å². The maximum Gasteiger partial charge on any atom is 0.175 e. The lowest BCUT2D eigenvalue weighted by Crippen LogP contribution is -2.39. The molecule has 2 fully saturated rings. The molecule has 4 rings (SSSR count). The highest BCUT2D eigenvalue weighted by molar-refractivity contribution is 7.99. The van der Waals surface area contributed by atoms with Crippen molar-refractivity contribution in [1.82, 2.24) is 15.0 Å². The molecule has 2 aliphatic rings. The Kier molecular flexibility index (Phi) is 5.45. The fourth-order valence-corrected chi connectivity index (χ4v) is 5.35. The van der Waals surface area contributed by atoms with Crippen LogP contribution in [0.3, 0.4) is 0 Å². The van der Waals surface area contributed by atoms with Crippen LogP contribution in [-0.2, 0) is 0 Å². The highest BCUT2D eigenvalue weighted by Gasteiger charge is 2.37. The molecule has 0 aromatic carbocycles. The van der Waals surface area contributed by atoms with Gasteiger partial charge in [0, 0.05) is 24.2 Å². The molecule has 2 aromatic rings. The third-order valence-electron chi connectivity index (χ3n) is 5.66. The molecule has 0 radical (unpaired) electrons. The van der Waals surface area contributed by atoms with E-state index in [1.165, 1.54) is 50.3 Å². The molecule has 1 spiro atoms. The molecule has 2 aromatic heterocycles. The van der Waals surface area contributed by atoms with E-state index in [-0.39, 0.29) is 5.15 Å². The quantitative estimate of drug-likeness (QED) is 0.623. The van der Waals surface area contributed by atoms with Gasteiger partial charge >= 0.3 is 0 Å². The van der Waals surface area contributed by atoms with Crippen LogP contribution < -0.4 is 4.90 Å². The second-order valence-corrected chi connectivity index (χ2v) is 8.97. The number of aromatic nitrogens is 3. The summed E-state index contributed by atoms with van der Waals surface area (Å²) in [5.74, 6) is 0.780. The summed E-state index contributed by atoms with van der Waals surface area (Å²) in [6.07, 6.45) is 11.2. The summed E-state index contributed by atoms with van der Waals surface area (Å²) < 4.78 is 0. The van der Waals surface area contributed by atoms with E-state index < -0.39 is 0 Å². The molecule has 0 N–H and O–H groups in total. The number of nitrogens with zero attached hydrogens (tertiary/aromatic N) is 5. The molecule has 0 atom stereocenters. The number of pyridine rings is 1. The number of hydrogen-bond acceptors (Lipinski definition) is 6. The van der Waals surface area contributed by atoms with E-state index in [0.29, 0.717) is 26.1 Å². The zero-order valence-corrected chi connectivity index (χ0v) is 17.1. The van der Waals surface area contributed by atoms with Crippen molar-refractivity contribution in [2.45, 2.75) is 48.4 Å². The third kappa shape index (κ3) is 3.87. The number of nitriles is 1. The number of anilines is 1. The average Bonchev–Trinajstić information content (AvgIpc) is 3.14. The highest BCUT2D eigenvalue weighted by atomic mass is 35.5. The SMILES string of the molecule is N#Cc1nc(N2CCC3(CCCC3)CC2)cnc1Sc1ccnc(Cl)c1Cl. The molecule has 1 aliphatic carbocycles. The first-order valence-corrected chi connectivity index (χ1v) is 10.7. The van der Waals surface area contributed by atoms with Crippen LogP contribution in [-0.4, -0.2) is 28.0 Å². The molecule has 140 valence electrons. The van der Waals surface area contributed by atoms with E-state index >= 15 is 0 Å². The van der Waals surface area contributed by atoms with Crippen molar-refractivity contribution in [3.05, 3.63) is 34.3 Å². The zero-order chi connectivity index (χ0) is 18.9. The summed E-state index contributed by atoms with van der Waals surface area (Å²) in [6, 6.07) is 3.92. The van der Waals surface area contributed by atoms with E-state index in [1.54, 1.807) is 18.5 Å². The minimum atomic E-state index is 0.235. The standard InChI is InChI=1S/C19H19Cl2N5S/c20-16-14(3-8-23-17(16)21)27-18-13(11-22)25-15(12-24-18)26-9-6-19(7-10-26)4-1-2-5-19/h3,8,12H,1-2,4-7,9-10H2. The van der Waals surface area contributed by atoms with E-state index in [1.807, 2.05) is 0 Å². The predicted molar refractivity (Wildman–Crippen MR) is 107 cm³/mol. The van der Waals surface area contributed by atoms with Gasteiger partial charge in [0.05, 0.1) is 11.2 Å². The van der Waals surface area contributed by atoms with Gasteiger partial charge in [-0.1, -0.05) is 47.8 Å². The fourth-order valence-electron chi connectivity index (χ4n) is 4.09. The molecule has 1 aliphatic heterocycles. The van der Waals surface area contributed by atoms with Gasteiger partial charge in [0.25, 0.3) is 0 Å². The topological polar surface area (TPSA) is 65.7 Å². The fraction of sp³-hybridized carbons (Fsp3) is 0.474. The first kappa shape index (κ1) is 18.8. The van der Waals surface area contributed by atoms with E-state index in [2.05, 4.69) is 25.9 Å². The van der Waals surface area contributed by atoms with Crippen molar-refractivity contribution in [1.29, 1.82) is 5.26 Å². The Balaban J connectivity index is 1.52. The van der Waals surface area contributed by atoms with Crippen molar-refractivity contribution in [2.75, 3.05) is 18.0 Å². The maximum atomic E-state index is 9.55. The van der Waals surface area contributed by atoms with Crippen LogP contribution >= 0.6 is 35.0 Å². The lowest BCUT2D eigenvalue weighted by atomic mass is 9.77. The Morgan fingerprint density at radius 2 is 1.85 bits per heavy atom. The number of rotatable bonds is 3. The summed E-state index contributed by atoms with van der Waals surface area (Å²) in [7, 11) is 0. The molecule has 8 heteroatoms. The van der Waals surface area contributed by atoms with Crippen molar-refractivity contribution in [3.63, 3.8) is 0 Å². The summed E-state index contributed by atoms with van der Waals surface area (Å²) in [6.45, 7) is 1.97. The van der Waals surface area contributed by atoms with Gasteiger partial charge in [0.15, 0.2) is 5.69 Å². The average molecular weight is 420 g/mol. The lowest BCUT2D eigenvalue weighted by molar-refractivity contribution is 0.226. The summed E-state index contributed by atoms with van der Waals surface area (Å²) in [5, 5.41) is 10.7. The van der Waals surface area contributed by atoms with Gasteiger partial charge in [-0.15, -0.1) is 0 Å². The molecule has 0 unspecified atom stereocenters. The molecule has 27 heavy (non-hydrogen) atoms. The molecular weight excluding hydrogens is 401 g/mol. The Bertz CT molecular complexity index is 882. The second kappa shape index (κ2) is 7.83. The van der Waals surface area contributed by atoms with Crippen LogP contribution in [0.15, 0.2) is 28.4 Å². The van der Waals surface area contributed by atoms with Gasteiger partial charge in [0.1, 0.15) is 22.1 Å². The van der Waals surface area contributed by atoms with Gasteiger partial charge in [-0.25, -0.2) is 15.0 Å². The Labute approximate surface area is 173 Å². The first-order chi connectivity index (χ1) is 13.1. The highest BCUT2D eigenvalue weighted by Crippen LogP contribution is 2.46. The van der Waals surface area contributed by atoms with Gasteiger partial charge in [-0.2, -0.15) is 5.26 Å². The van der Waals surface area contributed by atoms with Crippen molar-refractivity contribution in [3.8, 4) is 6.07 Å². The Morgan fingerprint density at radius 3 is 2.56 bits per heavy atom. The smallest absolute Gasteiger partial charge is 0.175 e. The number of piperidine rings is 1. The Morgan fingerprint density at radius 1 is 1.11 bits per heavy atom. The number of hydrogen-bond donors (Lipinski definition) is 0. The van der Waals surface area contributed by atoms with E-state index in [0.717, 1.165) is 18.9 Å². The van der Waals surface area contributed by atoms with Crippen LogP contribution in [0.25, 0.3) is 0 Å². The van der Waals surface area contributed by atoms with Crippen LogP contribution in [0.4, 0.5) is 5.82 Å². The lowest BCUT2D eigenvalue weighted by Gasteiger charge is -2.39. The molecule has 3 heterocycles. The van der Waals surface area contributed by atoms with Crippen molar-refractivity contribution in [2.24, 2.45) is 5.41 Å². The van der Waals surface area contributed by atoms with Crippen LogP contribution in [0.1, 0.15) is 44.2 Å². The molecule has 0 amide bonds. The molecule has 0 bridgehead atoms. The maximum absolute atomic E-state index is 9.55. The van der Waals surface area contributed by atoms with Crippen LogP contribution in [0, 0.1) is 16.7 Å². The summed E-state index contributed by atoms with van der Waals surface area (Å²) in [5.41, 5.74) is 0.859. The largest absolute Gasteiger partial charge is 0.355 e. The summed E-state index contributed by atoms with van der Waals surface area (Å²) >= 11 is 13.4. The van der Waals surface area contributed by atoms with E-state index in [9.17, 15) is 5.26 Å².